The van der Waals surface area contributed by atoms with Crippen LogP contribution in [0.1, 0.15) is 24.1 Å². The lowest BCUT2D eigenvalue weighted by atomic mass is 9.87. The van der Waals surface area contributed by atoms with Crippen LogP contribution in [-0.4, -0.2) is 36.1 Å². The zero-order chi connectivity index (χ0) is 19.5. The Bertz CT molecular complexity index is 771. The predicted octanol–water partition coefficient (Wildman–Crippen LogP) is 4.27. The monoisotopic (exact) mass is 379 g/mol. The fourth-order valence-electron chi connectivity index (χ4n) is 3.21. The minimum atomic E-state index is -4.40. The number of hydrogen-bond donors (Lipinski definition) is 1. The molecule has 1 fully saturated rings. The predicted molar refractivity (Wildman–Crippen MR) is 94.2 cm³/mol. The number of alkyl halides is 3. The third kappa shape index (κ3) is 4.21. The second-order valence-electron chi connectivity index (χ2n) is 6.41. The number of rotatable bonds is 3. The van der Waals surface area contributed by atoms with Crippen molar-refractivity contribution in [2.24, 2.45) is 0 Å². The van der Waals surface area contributed by atoms with E-state index in [0.29, 0.717) is 31.6 Å². The Morgan fingerprint density at radius 1 is 1.15 bits per heavy atom. The zero-order valence-electron chi connectivity index (χ0n) is 14.8. The first-order valence-corrected chi connectivity index (χ1v) is 8.54. The molecule has 0 spiro atoms. The molecule has 1 aliphatic rings. The molecule has 1 aliphatic heterocycles. The number of urea groups is 1. The molecular formula is C19H20F3N3O2. The Balaban J connectivity index is 1.61. The molecule has 144 valence electrons. The summed E-state index contributed by atoms with van der Waals surface area (Å²) in [6.45, 7) is 0.910. The van der Waals surface area contributed by atoms with Crippen molar-refractivity contribution in [1.29, 1.82) is 0 Å². The van der Waals surface area contributed by atoms with Gasteiger partial charge in [-0.3, -0.25) is 4.98 Å². The van der Waals surface area contributed by atoms with Crippen LogP contribution in [0, 0.1) is 0 Å². The minimum Gasteiger partial charge on any atom is -0.372 e. The van der Waals surface area contributed by atoms with Crippen LogP contribution in [0.2, 0.25) is 0 Å². The van der Waals surface area contributed by atoms with E-state index in [1.165, 1.54) is 12.1 Å². The molecule has 0 radical (unpaired) electrons. The van der Waals surface area contributed by atoms with E-state index in [2.05, 4.69) is 10.3 Å². The molecule has 3 rings (SSSR count). The van der Waals surface area contributed by atoms with Gasteiger partial charge in [0.05, 0.1) is 11.3 Å². The van der Waals surface area contributed by atoms with Gasteiger partial charge >= 0.3 is 12.2 Å². The van der Waals surface area contributed by atoms with Gasteiger partial charge < -0.3 is 15.0 Å². The first-order valence-electron chi connectivity index (χ1n) is 8.54. The van der Waals surface area contributed by atoms with Crippen molar-refractivity contribution in [3.8, 4) is 0 Å². The normalized spacial score (nSPS) is 16.8. The highest BCUT2D eigenvalue weighted by Gasteiger charge is 2.38. The highest BCUT2D eigenvalue weighted by Crippen LogP contribution is 2.35. The Morgan fingerprint density at radius 3 is 2.33 bits per heavy atom. The van der Waals surface area contributed by atoms with E-state index in [1.807, 2.05) is 18.2 Å². The third-order valence-corrected chi connectivity index (χ3v) is 4.84. The largest absolute Gasteiger partial charge is 0.416 e. The number of ether oxygens (including phenoxy) is 1. The number of anilines is 1. The summed E-state index contributed by atoms with van der Waals surface area (Å²) in [5.41, 5.74) is -0.137. The summed E-state index contributed by atoms with van der Waals surface area (Å²) >= 11 is 0. The number of likely N-dealkylation sites (tertiary alicyclic amines) is 1. The van der Waals surface area contributed by atoms with Gasteiger partial charge in [-0.15, -0.1) is 0 Å². The van der Waals surface area contributed by atoms with Gasteiger partial charge in [0, 0.05) is 32.1 Å². The molecule has 1 aromatic heterocycles. The van der Waals surface area contributed by atoms with Crippen LogP contribution in [0.15, 0.2) is 48.7 Å². The fourth-order valence-corrected chi connectivity index (χ4v) is 3.21. The molecule has 1 saturated heterocycles. The summed E-state index contributed by atoms with van der Waals surface area (Å²) in [4.78, 5) is 18.4. The standard InChI is InChI=1S/C19H20F3N3O2/c1-27-18(16-4-2-3-11-23-16)9-12-25(13-10-18)17(26)24-15-7-5-14(6-8-15)19(20,21)22/h2-8,11H,9-10,12-13H2,1H3,(H,24,26). The number of methoxy groups -OCH3 is 1. The summed E-state index contributed by atoms with van der Waals surface area (Å²) in [6, 6.07) is 9.68. The van der Waals surface area contributed by atoms with Crippen LogP contribution in [0.4, 0.5) is 23.7 Å². The lowest BCUT2D eigenvalue weighted by Crippen LogP contribution is -2.47. The van der Waals surface area contributed by atoms with Crippen LogP contribution < -0.4 is 5.32 Å². The number of aromatic nitrogens is 1. The maximum absolute atomic E-state index is 12.6. The van der Waals surface area contributed by atoms with E-state index in [1.54, 1.807) is 18.2 Å². The third-order valence-electron chi connectivity index (χ3n) is 4.84. The number of pyridine rings is 1. The first-order chi connectivity index (χ1) is 12.8. The van der Waals surface area contributed by atoms with Crippen LogP contribution in [-0.2, 0) is 16.5 Å². The number of hydrogen-bond acceptors (Lipinski definition) is 3. The minimum absolute atomic E-state index is 0.321. The van der Waals surface area contributed by atoms with E-state index in [9.17, 15) is 18.0 Å². The van der Waals surface area contributed by atoms with Crippen molar-refractivity contribution < 1.29 is 22.7 Å². The molecular weight excluding hydrogens is 359 g/mol. The van der Waals surface area contributed by atoms with Crippen molar-refractivity contribution in [2.75, 3.05) is 25.5 Å². The Hall–Kier alpha value is -2.61. The second-order valence-corrected chi connectivity index (χ2v) is 6.41. The summed E-state index contributed by atoms with van der Waals surface area (Å²) < 4.78 is 43.5. The van der Waals surface area contributed by atoms with Crippen molar-refractivity contribution in [1.82, 2.24) is 9.88 Å². The van der Waals surface area contributed by atoms with Gasteiger partial charge in [0.15, 0.2) is 0 Å². The Morgan fingerprint density at radius 2 is 1.81 bits per heavy atom. The molecule has 1 aromatic carbocycles. The van der Waals surface area contributed by atoms with Crippen LogP contribution >= 0.6 is 0 Å². The number of amides is 2. The number of halogens is 3. The SMILES string of the molecule is COC1(c2ccccn2)CCN(C(=O)Nc2ccc(C(F)(F)F)cc2)CC1. The Kier molecular flexibility index (Phi) is 5.36. The average molecular weight is 379 g/mol. The summed E-state index contributed by atoms with van der Waals surface area (Å²) in [5.74, 6) is 0. The molecule has 0 unspecified atom stereocenters. The maximum Gasteiger partial charge on any atom is 0.416 e. The van der Waals surface area contributed by atoms with E-state index in [4.69, 9.17) is 4.74 Å². The molecule has 2 aromatic rings. The van der Waals surface area contributed by atoms with Gasteiger partial charge in [0.2, 0.25) is 0 Å². The zero-order valence-corrected chi connectivity index (χ0v) is 14.8. The molecule has 8 heteroatoms. The lowest BCUT2D eigenvalue weighted by Gasteiger charge is -2.40. The van der Waals surface area contributed by atoms with Gasteiger partial charge in [-0.05, 0) is 49.2 Å². The van der Waals surface area contributed by atoms with Crippen molar-refractivity contribution in [3.05, 3.63) is 59.9 Å². The van der Waals surface area contributed by atoms with Crippen LogP contribution in [0.3, 0.4) is 0 Å². The van der Waals surface area contributed by atoms with E-state index in [0.717, 1.165) is 17.8 Å². The topological polar surface area (TPSA) is 54.5 Å². The molecule has 0 aliphatic carbocycles. The van der Waals surface area contributed by atoms with Gasteiger partial charge in [0.25, 0.3) is 0 Å². The molecule has 0 bridgehead atoms. The molecule has 1 N–H and O–H groups in total. The number of benzene rings is 1. The molecule has 2 heterocycles. The number of carbonyl (C=O) groups is 1. The highest BCUT2D eigenvalue weighted by molar-refractivity contribution is 5.89. The molecule has 0 atom stereocenters. The second kappa shape index (κ2) is 7.56. The van der Waals surface area contributed by atoms with Gasteiger partial charge in [-0.25, -0.2) is 4.79 Å². The number of carbonyl (C=O) groups excluding carboxylic acids is 1. The van der Waals surface area contributed by atoms with Crippen molar-refractivity contribution in [2.45, 2.75) is 24.6 Å². The van der Waals surface area contributed by atoms with E-state index < -0.39 is 17.3 Å². The Labute approximate surface area is 155 Å². The molecule has 5 nitrogen and oxygen atoms in total. The molecule has 2 amide bonds. The first kappa shape index (κ1) is 19.2. The van der Waals surface area contributed by atoms with E-state index >= 15 is 0 Å². The smallest absolute Gasteiger partial charge is 0.372 e. The van der Waals surface area contributed by atoms with Gasteiger partial charge in [-0.2, -0.15) is 13.2 Å². The van der Waals surface area contributed by atoms with Crippen molar-refractivity contribution in [3.63, 3.8) is 0 Å². The lowest BCUT2D eigenvalue weighted by molar-refractivity contribution is -0.137. The fraction of sp³-hybridized carbons (Fsp3) is 0.368. The van der Waals surface area contributed by atoms with Crippen LogP contribution in [0.5, 0.6) is 0 Å². The molecule has 0 saturated carbocycles. The summed E-state index contributed by atoms with van der Waals surface area (Å²) in [7, 11) is 1.63. The van der Waals surface area contributed by atoms with Crippen LogP contribution in [0.25, 0.3) is 0 Å². The number of piperidine rings is 1. The highest BCUT2D eigenvalue weighted by atomic mass is 19.4. The summed E-state index contributed by atoms with van der Waals surface area (Å²) in [6.07, 6.45) is -1.52. The van der Waals surface area contributed by atoms with E-state index in [-0.39, 0.29) is 6.03 Å². The number of nitrogens with zero attached hydrogens (tertiary/aromatic N) is 2. The van der Waals surface area contributed by atoms with Gasteiger partial charge in [0.1, 0.15) is 5.60 Å². The quantitative estimate of drug-likeness (QED) is 0.867. The van der Waals surface area contributed by atoms with Gasteiger partial charge in [-0.1, -0.05) is 6.07 Å². The number of nitrogens with one attached hydrogen (secondary N) is 1. The average Bonchev–Trinajstić information content (AvgIpc) is 2.68. The van der Waals surface area contributed by atoms with Crippen molar-refractivity contribution >= 4 is 11.7 Å². The molecule has 27 heavy (non-hydrogen) atoms. The summed E-state index contributed by atoms with van der Waals surface area (Å²) in [5, 5.41) is 2.64. The maximum atomic E-state index is 12.6.